The van der Waals surface area contributed by atoms with Crippen LogP contribution in [-0.2, 0) is 9.59 Å². The molecule has 3 N–H and O–H groups in total. The summed E-state index contributed by atoms with van der Waals surface area (Å²) in [5.74, 6) is -0.284. The third kappa shape index (κ3) is 3.77. The van der Waals surface area contributed by atoms with Crippen molar-refractivity contribution in [3.8, 4) is 5.75 Å². The third-order valence-electron chi connectivity index (χ3n) is 3.62. The van der Waals surface area contributed by atoms with Crippen LogP contribution in [0.25, 0.3) is 0 Å². The van der Waals surface area contributed by atoms with Gasteiger partial charge in [0.05, 0.1) is 5.69 Å². The second-order valence-electron chi connectivity index (χ2n) is 5.68. The summed E-state index contributed by atoms with van der Waals surface area (Å²) in [4.78, 5) is 35.1. The summed E-state index contributed by atoms with van der Waals surface area (Å²) >= 11 is 0. The van der Waals surface area contributed by atoms with Gasteiger partial charge in [-0.15, -0.1) is 0 Å². The number of carbonyl (C=O) groups excluding carboxylic acids is 3. The summed E-state index contributed by atoms with van der Waals surface area (Å²) in [6.45, 7) is 3.05. The Morgan fingerprint density at radius 3 is 2.52 bits per heavy atom. The van der Waals surface area contributed by atoms with Crippen molar-refractivity contribution < 1.29 is 19.1 Å². The Bertz CT molecular complexity index is 863. The lowest BCUT2D eigenvalue weighted by atomic mass is 10.1. The van der Waals surface area contributed by atoms with E-state index in [1.807, 2.05) is 0 Å². The van der Waals surface area contributed by atoms with Gasteiger partial charge >= 0.3 is 0 Å². The van der Waals surface area contributed by atoms with Crippen molar-refractivity contribution in [3.63, 3.8) is 0 Å². The molecule has 1 unspecified atom stereocenters. The van der Waals surface area contributed by atoms with E-state index in [0.717, 1.165) is 0 Å². The summed E-state index contributed by atoms with van der Waals surface area (Å²) < 4.78 is 5.51. The normalized spacial score (nSPS) is 15.4. The molecule has 0 aliphatic carbocycles. The number of hydrogen-bond donors (Lipinski definition) is 3. The highest BCUT2D eigenvalue weighted by Gasteiger charge is 2.24. The van der Waals surface area contributed by atoms with E-state index in [9.17, 15) is 14.4 Å². The van der Waals surface area contributed by atoms with E-state index in [-0.39, 0.29) is 17.7 Å². The molecule has 25 heavy (non-hydrogen) atoms. The molecular formula is C18H17N3O4. The molecule has 128 valence electrons. The lowest BCUT2D eigenvalue weighted by molar-refractivity contribution is -0.122. The smallest absolute Gasteiger partial charge is 0.265 e. The minimum absolute atomic E-state index is 0.188. The molecule has 7 heteroatoms. The lowest BCUT2D eigenvalue weighted by Crippen LogP contribution is -2.34. The molecule has 2 aromatic rings. The van der Waals surface area contributed by atoms with Crippen molar-refractivity contribution in [3.05, 3.63) is 48.0 Å². The summed E-state index contributed by atoms with van der Waals surface area (Å²) in [7, 11) is 0. The van der Waals surface area contributed by atoms with Crippen LogP contribution in [-0.4, -0.2) is 23.8 Å². The van der Waals surface area contributed by atoms with E-state index >= 15 is 0 Å². The van der Waals surface area contributed by atoms with Crippen molar-refractivity contribution in [1.29, 1.82) is 0 Å². The van der Waals surface area contributed by atoms with E-state index in [1.165, 1.54) is 6.92 Å². The first-order chi connectivity index (χ1) is 11.9. The van der Waals surface area contributed by atoms with Gasteiger partial charge in [0.15, 0.2) is 6.10 Å². The molecule has 0 saturated carbocycles. The molecule has 2 aromatic carbocycles. The van der Waals surface area contributed by atoms with E-state index < -0.39 is 6.10 Å². The van der Waals surface area contributed by atoms with Gasteiger partial charge in [0.2, 0.25) is 5.91 Å². The number of hydrogen-bond acceptors (Lipinski definition) is 4. The van der Waals surface area contributed by atoms with Crippen LogP contribution < -0.4 is 20.7 Å². The minimum atomic E-state index is -0.611. The first-order valence-electron chi connectivity index (χ1n) is 7.73. The maximum atomic E-state index is 12.4. The average Bonchev–Trinajstić information content (AvgIpc) is 2.55. The molecule has 3 rings (SSSR count). The molecule has 1 heterocycles. The van der Waals surface area contributed by atoms with Crippen molar-refractivity contribution in [2.75, 3.05) is 16.0 Å². The summed E-state index contributed by atoms with van der Waals surface area (Å²) in [6, 6.07) is 11.7. The quantitative estimate of drug-likeness (QED) is 0.801. The zero-order valence-corrected chi connectivity index (χ0v) is 13.8. The van der Waals surface area contributed by atoms with Crippen LogP contribution in [0.1, 0.15) is 24.2 Å². The van der Waals surface area contributed by atoms with Gasteiger partial charge < -0.3 is 20.7 Å². The van der Waals surface area contributed by atoms with Gasteiger partial charge in [-0.3, -0.25) is 14.4 Å². The van der Waals surface area contributed by atoms with Crippen LogP contribution in [0.15, 0.2) is 42.5 Å². The van der Waals surface area contributed by atoms with E-state index in [1.54, 1.807) is 49.4 Å². The number of nitrogens with one attached hydrogen (secondary N) is 3. The highest BCUT2D eigenvalue weighted by Crippen LogP contribution is 2.30. The van der Waals surface area contributed by atoms with Crippen LogP contribution in [0.3, 0.4) is 0 Å². The molecule has 1 atom stereocenters. The van der Waals surface area contributed by atoms with E-state index in [0.29, 0.717) is 28.4 Å². The predicted molar refractivity (Wildman–Crippen MR) is 93.9 cm³/mol. The zero-order valence-electron chi connectivity index (χ0n) is 13.8. The predicted octanol–water partition coefficient (Wildman–Crippen LogP) is 2.62. The van der Waals surface area contributed by atoms with Gasteiger partial charge in [-0.2, -0.15) is 0 Å². The maximum absolute atomic E-state index is 12.4. The third-order valence-corrected chi connectivity index (χ3v) is 3.62. The number of amides is 3. The maximum Gasteiger partial charge on any atom is 0.265 e. The number of fused-ring (bicyclic) bond motifs is 1. The minimum Gasteiger partial charge on any atom is -0.479 e. The average molecular weight is 339 g/mol. The molecule has 0 bridgehead atoms. The second kappa shape index (κ2) is 6.64. The van der Waals surface area contributed by atoms with Crippen LogP contribution in [0.2, 0.25) is 0 Å². The molecule has 0 spiro atoms. The Morgan fingerprint density at radius 1 is 1.08 bits per heavy atom. The fourth-order valence-corrected chi connectivity index (χ4v) is 2.42. The Morgan fingerprint density at radius 2 is 1.80 bits per heavy atom. The van der Waals surface area contributed by atoms with Gasteiger partial charge in [0, 0.05) is 23.9 Å². The Labute approximate surface area is 144 Å². The van der Waals surface area contributed by atoms with Crippen molar-refractivity contribution in [2.45, 2.75) is 20.0 Å². The highest BCUT2D eigenvalue weighted by atomic mass is 16.5. The fourth-order valence-electron chi connectivity index (χ4n) is 2.42. The van der Waals surface area contributed by atoms with Crippen LogP contribution in [0.4, 0.5) is 17.1 Å². The zero-order chi connectivity index (χ0) is 18.0. The highest BCUT2D eigenvalue weighted by molar-refractivity contribution is 6.06. The number of ether oxygens (including phenoxy) is 1. The summed E-state index contributed by atoms with van der Waals surface area (Å²) in [6.07, 6.45) is -0.611. The number of carbonyl (C=O) groups is 3. The largest absolute Gasteiger partial charge is 0.479 e. The van der Waals surface area contributed by atoms with Gasteiger partial charge in [-0.1, -0.05) is 6.07 Å². The molecule has 7 nitrogen and oxygen atoms in total. The molecule has 3 amide bonds. The van der Waals surface area contributed by atoms with Crippen LogP contribution in [0.5, 0.6) is 5.75 Å². The molecule has 0 fully saturated rings. The fraction of sp³-hybridized carbons (Fsp3) is 0.167. The molecule has 0 saturated heterocycles. The monoisotopic (exact) mass is 339 g/mol. The van der Waals surface area contributed by atoms with Crippen LogP contribution in [0, 0.1) is 0 Å². The Hall–Kier alpha value is -3.35. The number of rotatable bonds is 3. The number of anilines is 3. The first kappa shape index (κ1) is 16.5. The van der Waals surface area contributed by atoms with Gasteiger partial charge in [0.1, 0.15) is 5.75 Å². The Kier molecular flexibility index (Phi) is 4.38. The molecule has 0 aromatic heterocycles. The van der Waals surface area contributed by atoms with Gasteiger partial charge in [-0.05, 0) is 43.3 Å². The van der Waals surface area contributed by atoms with Crippen LogP contribution >= 0.6 is 0 Å². The van der Waals surface area contributed by atoms with E-state index in [4.69, 9.17) is 4.74 Å². The summed E-state index contributed by atoms with van der Waals surface area (Å²) in [5, 5.41) is 8.14. The molecule has 0 radical (unpaired) electrons. The van der Waals surface area contributed by atoms with Gasteiger partial charge in [0.25, 0.3) is 11.8 Å². The SMILES string of the molecule is CC(=O)Nc1cccc(NC(=O)c2ccc3c(c2)OC(C)C(=O)N3)c1. The molecular weight excluding hydrogens is 322 g/mol. The lowest BCUT2D eigenvalue weighted by Gasteiger charge is -2.23. The van der Waals surface area contributed by atoms with Gasteiger partial charge in [-0.25, -0.2) is 0 Å². The number of benzene rings is 2. The van der Waals surface area contributed by atoms with E-state index in [2.05, 4.69) is 16.0 Å². The molecule has 1 aliphatic heterocycles. The first-order valence-corrected chi connectivity index (χ1v) is 7.73. The van der Waals surface area contributed by atoms with Crippen molar-refractivity contribution in [1.82, 2.24) is 0 Å². The van der Waals surface area contributed by atoms with Crippen molar-refractivity contribution in [2.24, 2.45) is 0 Å². The Balaban J connectivity index is 1.77. The summed E-state index contributed by atoms with van der Waals surface area (Å²) in [5.41, 5.74) is 2.08. The topological polar surface area (TPSA) is 96.5 Å². The second-order valence-corrected chi connectivity index (χ2v) is 5.68. The standard InChI is InChI=1S/C18H17N3O4/c1-10-17(23)21-15-7-6-12(8-16(15)25-10)18(24)20-14-5-3-4-13(9-14)19-11(2)22/h3-10H,1-2H3,(H,19,22)(H,20,24)(H,21,23). The van der Waals surface area contributed by atoms with Crippen molar-refractivity contribution >= 4 is 34.8 Å². The molecule has 1 aliphatic rings.